The van der Waals surface area contributed by atoms with E-state index in [2.05, 4.69) is 49.5 Å². The second-order valence-corrected chi connectivity index (χ2v) is 6.44. The lowest BCUT2D eigenvalue weighted by molar-refractivity contribution is 0.0955. The molecule has 0 aliphatic carbocycles. The van der Waals surface area contributed by atoms with Gasteiger partial charge in [-0.25, -0.2) is 0 Å². The molecule has 0 aromatic carbocycles. The number of nitrogens with zero attached hydrogens (tertiary/aromatic N) is 2. The molecule has 21 heavy (non-hydrogen) atoms. The SMILES string of the molecule is CCc1c(C(=O)NCC2=CCNCC2)cnn1C(C)(C)C. The van der Waals surface area contributed by atoms with Crippen LogP contribution in [-0.2, 0) is 12.0 Å². The van der Waals surface area contributed by atoms with Crippen molar-refractivity contribution in [2.45, 2.75) is 46.1 Å². The van der Waals surface area contributed by atoms with E-state index in [9.17, 15) is 4.79 Å². The van der Waals surface area contributed by atoms with Crippen molar-refractivity contribution in [2.75, 3.05) is 19.6 Å². The van der Waals surface area contributed by atoms with Crippen LogP contribution in [0.3, 0.4) is 0 Å². The molecule has 2 N–H and O–H groups in total. The van der Waals surface area contributed by atoms with Gasteiger partial charge in [0.05, 0.1) is 23.0 Å². The Labute approximate surface area is 126 Å². The summed E-state index contributed by atoms with van der Waals surface area (Å²) in [5, 5.41) is 10.7. The summed E-state index contributed by atoms with van der Waals surface area (Å²) in [5.74, 6) is -0.0261. The smallest absolute Gasteiger partial charge is 0.255 e. The molecule has 0 radical (unpaired) electrons. The number of hydrogen-bond acceptors (Lipinski definition) is 3. The molecule has 0 saturated carbocycles. The number of carbonyl (C=O) groups is 1. The maximum atomic E-state index is 12.4. The third-order valence-corrected chi connectivity index (χ3v) is 3.72. The fourth-order valence-corrected chi connectivity index (χ4v) is 2.60. The molecule has 0 atom stereocenters. The van der Waals surface area contributed by atoms with Crippen molar-refractivity contribution in [3.05, 3.63) is 29.1 Å². The van der Waals surface area contributed by atoms with Gasteiger partial charge in [0.1, 0.15) is 0 Å². The van der Waals surface area contributed by atoms with Crippen LogP contribution < -0.4 is 10.6 Å². The van der Waals surface area contributed by atoms with Crippen molar-refractivity contribution in [3.8, 4) is 0 Å². The lowest BCUT2D eigenvalue weighted by Gasteiger charge is -2.22. The third-order valence-electron chi connectivity index (χ3n) is 3.72. The van der Waals surface area contributed by atoms with E-state index in [-0.39, 0.29) is 11.4 Å². The summed E-state index contributed by atoms with van der Waals surface area (Å²) in [6.45, 7) is 10.9. The molecule has 0 spiro atoms. The van der Waals surface area contributed by atoms with Crippen LogP contribution in [0.15, 0.2) is 17.8 Å². The summed E-state index contributed by atoms with van der Waals surface area (Å²) >= 11 is 0. The fraction of sp³-hybridized carbons (Fsp3) is 0.625. The first-order valence-corrected chi connectivity index (χ1v) is 7.67. The molecule has 1 aromatic rings. The van der Waals surface area contributed by atoms with Gasteiger partial charge >= 0.3 is 0 Å². The van der Waals surface area contributed by atoms with Gasteiger partial charge in [-0.2, -0.15) is 5.10 Å². The van der Waals surface area contributed by atoms with Crippen molar-refractivity contribution >= 4 is 5.91 Å². The molecular formula is C16H26N4O. The molecule has 0 unspecified atom stereocenters. The summed E-state index contributed by atoms with van der Waals surface area (Å²) in [4.78, 5) is 12.4. The van der Waals surface area contributed by atoms with Gasteiger partial charge in [-0.15, -0.1) is 0 Å². The maximum absolute atomic E-state index is 12.4. The maximum Gasteiger partial charge on any atom is 0.255 e. The normalized spacial score (nSPS) is 15.7. The van der Waals surface area contributed by atoms with E-state index < -0.39 is 0 Å². The average Bonchev–Trinajstić information content (AvgIpc) is 2.90. The van der Waals surface area contributed by atoms with Gasteiger partial charge in [-0.1, -0.05) is 18.6 Å². The summed E-state index contributed by atoms with van der Waals surface area (Å²) in [6, 6.07) is 0. The number of rotatable bonds is 4. The molecular weight excluding hydrogens is 264 g/mol. The molecule has 2 rings (SSSR count). The molecule has 116 valence electrons. The van der Waals surface area contributed by atoms with E-state index in [1.54, 1.807) is 6.20 Å². The zero-order chi connectivity index (χ0) is 15.5. The first-order valence-electron chi connectivity index (χ1n) is 7.67. The van der Waals surface area contributed by atoms with E-state index in [0.717, 1.165) is 31.6 Å². The summed E-state index contributed by atoms with van der Waals surface area (Å²) in [5.41, 5.74) is 2.88. The van der Waals surface area contributed by atoms with Crippen molar-refractivity contribution in [2.24, 2.45) is 0 Å². The lowest BCUT2D eigenvalue weighted by Crippen LogP contribution is -2.31. The molecule has 0 bridgehead atoms. The van der Waals surface area contributed by atoms with Gasteiger partial charge in [0.25, 0.3) is 5.91 Å². The van der Waals surface area contributed by atoms with Crippen LogP contribution in [0, 0.1) is 0 Å². The van der Waals surface area contributed by atoms with Crippen molar-refractivity contribution in [1.29, 1.82) is 0 Å². The highest BCUT2D eigenvalue weighted by Crippen LogP contribution is 2.19. The number of amides is 1. The number of carbonyl (C=O) groups excluding carboxylic acids is 1. The Morgan fingerprint density at radius 3 is 2.81 bits per heavy atom. The van der Waals surface area contributed by atoms with Gasteiger partial charge < -0.3 is 10.6 Å². The van der Waals surface area contributed by atoms with Gasteiger partial charge in [0.2, 0.25) is 0 Å². The molecule has 1 aromatic heterocycles. The molecule has 5 nitrogen and oxygen atoms in total. The molecule has 1 aliphatic heterocycles. The highest BCUT2D eigenvalue weighted by Gasteiger charge is 2.23. The van der Waals surface area contributed by atoms with Gasteiger partial charge in [-0.3, -0.25) is 9.48 Å². The van der Waals surface area contributed by atoms with E-state index in [1.807, 2.05) is 4.68 Å². The van der Waals surface area contributed by atoms with Crippen LogP contribution in [0.2, 0.25) is 0 Å². The molecule has 0 saturated heterocycles. The Morgan fingerprint density at radius 2 is 2.24 bits per heavy atom. The average molecular weight is 290 g/mol. The van der Waals surface area contributed by atoms with E-state index in [4.69, 9.17) is 0 Å². The molecule has 1 aliphatic rings. The minimum atomic E-state index is -0.110. The van der Waals surface area contributed by atoms with Crippen LogP contribution in [0.1, 0.15) is 50.2 Å². The Morgan fingerprint density at radius 1 is 1.48 bits per heavy atom. The minimum Gasteiger partial charge on any atom is -0.348 e. The highest BCUT2D eigenvalue weighted by atomic mass is 16.1. The monoisotopic (exact) mass is 290 g/mol. The Hall–Kier alpha value is -1.62. The Kier molecular flexibility index (Phi) is 4.83. The zero-order valence-electron chi connectivity index (χ0n) is 13.5. The van der Waals surface area contributed by atoms with Crippen LogP contribution >= 0.6 is 0 Å². The van der Waals surface area contributed by atoms with Gasteiger partial charge in [0.15, 0.2) is 0 Å². The number of aromatic nitrogens is 2. The molecule has 5 heteroatoms. The predicted molar refractivity (Wildman–Crippen MR) is 84.5 cm³/mol. The summed E-state index contributed by atoms with van der Waals surface area (Å²) in [7, 11) is 0. The topological polar surface area (TPSA) is 59.0 Å². The van der Waals surface area contributed by atoms with Crippen molar-refractivity contribution in [3.63, 3.8) is 0 Å². The van der Waals surface area contributed by atoms with Crippen molar-refractivity contribution in [1.82, 2.24) is 20.4 Å². The predicted octanol–water partition coefficient (Wildman–Crippen LogP) is 1.85. The third kappa shape index (κ3) is 3.73. The number of nitrogens with one attached hydrogen (secondary N) is 2. The van der Waals surface area contributed by atoms with Crippen LogP contribution in [-0.4, -0.2) is 35.3 Å². The quantitative estimate of drug-likeness (QED) is 0.832. The standard InChI is InChI=1S/C16H26N4O/c1-5-14-13(11-19-20(14)16(2,3)4)15(21)18-10-12-6-8-17-9-7-12/h6,11,17H,5,7-10H2,1-4H3,(H,18,21). The van der Waals surface area contributed by atoms with E-state index in [1.165, 1.54) is 5.57 Å². The summed E-state index contributed by atoms with van der Waals surface area (Å²) < 4.78 is 1.95. The molecule has 1 amide bonds. The fourth-order valence-electron chi connectivity index (χ4n) is 2.60. The highest BCUT2D eigenvalue weighted by molar-refractivity contribution is 5.95. The largest absolute Gasteiger partial charge is 0.348 e. The summed E-state index contributed by atoms with van der Waals surface area (Å²) in [6.07, 6.45) is 5.65. The van der Waals surface area contributed by atoms with Gasteiger partial charge in [0, 0.05) is 13.1 Å². The second-order valence-electron chi connectivity index (χ2n) is 6.44. The minimum absolute atomic E-state index is 0.0261. The number of hydrogen-bond donors (Lipinski definition) is 2. The van der Waals surface area contributed by atoms with Crippen LogP contribution in [0.4, 0.5) is 0 Å². The zero-order valence-corrected chi connectivity index (χ0v) is 13.5. The van der Waals surface area contributed by atoms with E-state index in [0.29, 0.717) is 12.1 Å². The first kappa shape index (κ1) is 15.8. The van der Waals surface area contributed by atoms with Crippen LogP contribution in [0.5, 0.6) is 0 Å². The first-order chi connectivity index (χ1) is 9.93. The van der Waals surface area contributed by atoms with Gasteiger partial charge in [-0.05, 0) is 40.2 Å². The lowest BCUT2D eigenvalue weighted by atomic mass is 10.1. The second kappa shape index (κ2) is 6.43. The van der Waals surface area contributed by atoms with Crippen molar-refractivity contribution < 1.29 is 4.79 Å². The van der Waals surface area contributed by atoms with E-state index >= 15 is 0 Å². The molecule has 2 heterocycles. The Balaban J connectivity index is 2.09. The molecule has 0 fully saturated rings. The Bertz CT molecular complexity index is 537. The van der Waals surface area contributed by atoms with Crippen LogP contribution in [0.25, 0.3) is 0 Å².